The van der Waals surface area contributed by atoms with E-state index in [9.17, 15) is 9.59 Å². The Morgan fingerprint density at radius 3 is 2.69 bits per heavy atom. The number of hydrogen-bond acceptors (Lipinski definition) is 7. The molecule has 1 aliphatic heterocycles. The minimum atomic E-state index is -0.506. The van der Waals surface area contributed by atoms with Gasteiger partial charge in [-0.25, -0.2) is 4.79 Å². The second-order valence-corrected chi connectivity index (χ2v) is 8.13. The average molecular weight is 399 g/mol. The zero-order chi connectivity index (χ0) is 21.0. The van der Waals surface area contributed by atoms with Crippen LogP contribution in [0.4, 0.5) is 0 Å². The summed E-state index contributed by atoms with van der Waals surface area (Å²) in [6.45, 7) is 7.11. The third kappa shape index (κ3) is 4.57. The first-order chi connectivity index (χ1) is 13.9. The summed E-state index contributed by atoms with van der Waals surface area (Å²) in [5.74, 6) is -0.903. The molecule has 0 bridgehead atoms. The summed E-state index contributed by atoms with van der Waals surface area (Å²) in [4.78, 5) is 30.3. The number of dihydropyridines is 1. The maximum Gasteiger partial charge on any atom is 0.336 e. The number of ketones is 1. The molecule has 7 nitrogen and oxygen atoms in total. The van der Waals surface area contributed by atoms with Gasteiger partial charge in [0.05, 0.1) is 31.1 Å². The number of ether oxygens (including phenoxy) is 2. The smallest absolute Gasteiger partial charge is 0.336 e. The molecular weight excluding hydrogens is 370 g/mol. The van der Waals surface area contributed by atoms with Crippen LogP contribution in [-0.2, 0) is 19.1 Å². The monoisotopic (exact) mass is 399 g/mol. The molecule has 0 aromatic carbocycles. The number of nitrogens with two attached hydrogens (primary N) is 1. The molecule has 1 atom stereocenters. The van der Waals surface area contributed by atoms with Gasteiger partial charge in [0.2, 0.25) is 0 Å². The molecule has 2 aliphatic rings. The fraction of sp³-hybridized carbons (Fsp3) is 0.500. The first kappa shape index (κ1) is 21.2. The highest BCUT2D eigenvalue weighted by atomic mass is 16.5. The van der Waals surface area contributed by atoms with Gasteiger partial charge in [0, 0.05) is 42.5 Å². The third-order valence-electron chi connectivity index (χ3n) is 5.17. The molecule has 0 saturated heterocycles. The molecule has 29 heavy (non-hydrogen) atoms. The van der Waals surface area contributed by atoms with Crippen LogP contribution < -0.4 is 11.1 Å². The number of nitrogens with one attached hydrogen (secondary N) is 1. The summed E-state index contributed by atoms with van der Waals surface area (Å²) in [6.07, 6.45) is 4.49. The largest absolute Gasteiger partial charge is 0.463 e. The molecule has 0 spiro atoms. The van der Waals surface area contributed by atoms with E-state index in [1.165, 1.54) is 0 Å². The van der Waals surface area contributed by atoms with Crippen molar-refractivity contribution in [3.05, 3.63) is 52.6 Å². The molecule has 1 aromatic heterocycles. The van der Waals surface area contributed by atoms with Gasteiger partial charge >= 0.3 is 5.97 Å². The number of hydrogen-bond donors (Lipinski definition) is 2. The highest BCUT2D eigenvalue weighted by Gasteiger charge is 2.43. The van der Waals surface area contributed by atoms with E-state index in [2.05, 4.69) is 24.1 Å². The average Bonchev–Trinajstić information content (AvgIpc) is 2.67. The van der Waals surface area contributed by atoms with Crippen molar-refractivity contribution in [2.45, 2.75) is 39.5 Å². The van der Waals surface area contributed by atoms with Crippen LogP contribution in [0.1, 0.15) is 45.1 Å². The lowest BCUT2D eigenvalue weighted by Gasteiger charge is -2.39. The number of nitrogens with zero attached hydrogens (tertiary/aromatic N) is 1. The molecule has 1 unspecified atom stereocenters. The Morgan fingerprint density at radius 2 is 2.03 bits per heavy atom. The maximum atomic E-state index is 13.2. The number of pyridine rings is 1. The second kappa shape index (κ2) is 8.88. The summed E-state index contributed by atoms with van der Waals surface area (Å²) in [7, 11) is 0. The molecule has 0 radical (unpaired) electrons. The molecule has 1 aliphatic carbocycles. The van der Waals surface area contributed by atoms with Crippen molar-refractivity contribution >= 4 is 11.8 Å². The number of carbonyl (C=O) groups is 2. The Labute approximate surface area is 171 Å². The van der Waals surface area contributed by atoms with Crippen LogP contribution >= 0.6 is 0 Å². The molecule has 7 heteroatoms. The third-order valence-corrected chi connectivity index (χ3v) is 5.17. The first-order valence-corrected chi connectivity index (χ1v) is 9.99. The standard InChI is InChI=1S/C22H29N3O4/c1-4-29-21(27)20-16(13-28-10-7-23)25-15-11-22(2,3)12-17(26)19(15)18(20)14-5-8-24-9-6-14/h5-6,8-9,18,25H,4,7,10-13,23H2,1-3H3. The zero-order valence-electron chi connectivity index (χ0n) is 17.3. The summed E-state index contributed by atoms with van der Waals surface area (Å²) in [5.41, 5.74) is 8.77. The normalized spacial score (nSPS) is 21.0. The number of rotatable bonds is 7. The Hall–Kier alpha value is -2.51. The highest BCUT2D eigenvalue weighted by Crippen LogP contribution is 2.46. The van der Waals surface area contributed by atoms with Gasteiger partial charge in [0.15, 0.2) is 5.78 Å². The summed E-state index contributed by atoms with van der Waals surface area (Å²) in [6, 6.07) is 3.68. The van der Waals surface area contributed by atoms with Gasteiger partial charge in [0.25, 0.3) is 0 Å². The lowest BCUT2D eigenvalue weighted by atomic mass is 9.68. The van der Waals surface area contributed by atoms with E-state index in [4.69, 9.17) is 15.2 Å². The number of allylic oxidation sites excluding steroid dienone is 2. The summed E-state index contributed by atoms with van der Waals surface area (Å²) < 4.78 is 11.0. The van der Waals surface area contributed by atoms with Crippen LogP contribution in [0.2, 0.25) is 0 Å². The van der Waals surface area contributed by atoms with Crippen molar-refractivity contribution < 1.29 is 19.1 Å². The Bertz CT molecular complexity index is 843. The predicted molar refractivity (Wildman–Crippen MR) is 109 cm³/mol. The van der Waals surface area contributed by atoms with Gasteiger partial charge < -0.3 is 20.5 Å². The zero-order valence-corrected chi connectivity index (χ0v) is 17.3. The molecule has 1 aromatic rings. The van der Waals surface area contributed by atoms with Crippen LogP contribution in [0.25, 0.3) is 0 Å². The van der Waals surface area contributed by atoms with Crippen molar-refractivity contribution in [2.75, 3.05) is 26.4 Å². The number of esters is 1. The van der Waals surface area contributed by atoms with E-state index < -0.39 is 11.9 Å². The van der Waals surface area contributed by atoms with Gasteiger partial charge in [-0.15, -0.1) is 0 Å². The molecule has 3 N–H and O–H groups in total. The minimum Gasteiger partial charge on any atom is -0.463 e. The minimum absolute atomic E-state index is 0.0503. The SMILES string of the molecule is CCOC(=O)C1=C(COCCN)NC2=C(C(=O)CC(C)(C)C2)C1c1ccncc1. The lowest BCUT2D eigenvalue weighted by molar-refractivity contribution is -0.139. The van der Waals surface area contributed by atoms with Gasteiger partial charge in [-0.1, -0.05) is 13.8 Å². The lowest BCUT2D eigenvalue weighted by Crippen LogP contribution is -2.40. The molecule has 2 heterocycles. The van der Waals surface area contributed by atoms with Crippen LogP contribution in [0.3, 0.4) is 0 Å². The topological polar surface area (TPSA) is 104 Å². The summed E-state index contributed by atoms with van der Waals surface area (Å²) >= 11 is 0. The Balaban J connectivity index is 2.14. The predicted octanol–water partition coefficient (Wildman–Crippen LogP) is 2.20. The van der Waals surface area contributed by atoms with Crippen LogP contribution in [0.5, 0.6) is 0 Å². The highest BCUT2D eigenvalue weighted by molar-refractivity contribution is 6.04. The first-order valence-electron chi connectivity index (χ1n) is 9.99. The number of carbonyl (C=O) groups excluding carboxylic acids is 2. The van der Waals surface area contributed by atoms with E-state index in [1.54, 1.807) is 19.3 Å². The van der Waals surface area contributed by atoms with Crippen molar-refractivity contribution in [3.8, 4) is 0 Å². The van der Waals surface area contributed by atoms with E-state index >= 15 is 0 Å². The van der Waals surface area contributed by atoms with Crippen molar-refractivity contribution in [3.63, 3.8) is 0 Å². The van der Waals surface area contributed by atoms with E-state index in [0.717, 1.165) is 11.3 Å². The van der Waals surface area contributed by atoms with E-state index in [-0.39, 0.29) is 24.4 Å². The van der Waals surface area contributed by atoms with E-state index in [0.29, 0.717) is 42.8 Å². The fourth-order valence-corrected chi connectivity index (χ4v) is 4.06. The molecule has 0 saturated carbocycles. The van der Waals surface area contributed by atoms with Crippen molar-refractivity contribution in [1.82, 2.24) is 10.3 Å². The molecule has 0 fully saturated rings. The Morgan fingerprint density at radius 1 is 1.31 bits per heavy atom. The van der Waals surface area contributed by atoms with Crippen molar-refractivity contribution in [2.24, 2.45) is 11.1 Å². The molecule has 156 valence electrons. The molecule has 0 amide bonds. The van der Waals surface area contributed by atoms with Gasteiger partial charge in [-0.3, -0.25) is 9.78 Å². The van der Waals surface area contributed by atoms with Gasteiger partial charge in [0.1, 0.15) is 0 Å². The van der Waals surface area contributed by atoms with Crippen LogP contribution in [0.15, 0.2) is 47.1 Å². The number of Topliss-reactive ketones (excluding diaryl/α,β-unsaturated/α-hetero) is 1. The van der Waals surface area contributed by atoms with Crippen LogP contribution in [0, 0.1) is 5.41 Å². The molecule has 3 rings (SSSR count). The quantitative estimate of drug-likeness (QED) is 0.535. The van der Waals surface area contributed by atoms with E-state index in [1.807, 2.05) is 12.1 Å². The molecular formula is C22H29N3O4. The maximum absolute atomic E-state index is 13.2. The van der Waals surface area contributed by atoms with Gasteiger partial charge in [-0.05, 0) is 36.5 Å². The van der Waals surface area contributed by atoms with Crippen LogP contribution in [-0.4, -0.2) is 43.1 Å². The second-order valence-electron chi connectivity index (χ2n) is 8.13. The van der Waals surface area contributed by atoms with Gasteiger partial charge in [-0.2, -0.15) is 0 Å². The number of aromatic nitrogens is 1. The Kier molecular flexibility index (Phi) is 6.49. The van der Waals surface area contributed by atoms with Crippen molar-refractivity contribution in [1.29, 1.82) is 0 Å². The summed E-state index contributed by atoms with van der Waals surface area (Å²) in [5, 5.41) is 3.35. The fourth-order valence-electron chi connectivity index (χ4n) is 4.06.